The van der Waals surface area contributed by atoms with Gasteiger partial charge in [-0.3, -0.25) is 0 Å². The van der Waals surface area contributed by atoms with E-state index in [2.05, 4.69) is 240 Å². The summed E-state index contributed by atoms with van der Waals surface area (Å²) in [5, 5.41) is 2.62. The van der Waals surface area contributed by atoms with E-state index in [-0.39, 0.29) is 0 Å². The van der Waals surface area contributed by atoms with E-state index in [1.807, 2.05) is 11.3 Å². The van der Waals surface area contributed by atoms with E-state index in [0.717, 1.165) is 22.7 Å². The van der Waals surface area contributed by atoms with Gasteiger partial charge in [-0.15, -0.1) is 11.3 Å². The summed E-state index contributed by atoms with van der Waals surface area (Å²) < 4.78 is 2.64. The van der Waals surface area contributed by atoms with Gasteiger partial charge in [-0.1, -0.05) is 164 Å². The maximum absolute atomic E-state index is 2.46. The van der Waals surface area contributed by atoms with E-state index < -0.39 is 5.41 Å². The molecule has 1 aliphatic heterocycles. The Morgan fingerprint density at radius 3 is 1.45 bits per heavy atom. The first-order valence-corrected chi connectivity index (χ1v) is 20.7. The molecule has 0 saturated heterocycles. The van der Waals surface area contributed by atoms with Crippen LogP contribution in [0.3, 0.4) is 0 Å². The zero-order valence-corrected chi connectivity index (χ0v) is 32.6. The normalized spacial score (nSPS) is 12.9. The lowest BCUT2D eigenvalue weighted by atomic mass is 9.62. The molecule has 2 nitrogen and oxygen atoms in total. The standard InChI is InChI=1S/C55H38N2S/c1-4-17-41(18-5-1)55(50-27-16-24-47-46-23-10-15-30-53(46)58-54(47)50)48-25-11-13-28-51(48)57(52-29-14-12-26-49(52)55)45-37-33-40(34-38-45)39-31-35-44(36-32-39)56(42-19-6-2-7-20-42)43-21-8-3-9-22-43/h1-38H. The molecule has 0 fully saturated rings. The lowest BCUT2D eigenvalue weighted by molar-refractivity contribution is 0.739. The number of hydrogen-bond acceptors (Lipinski definition) is 3. The van der Waals surface area contributed by atoms with Crippen molar-refractivity contribution in [3.63, 3.8) is 0 Å². The highest BCUT2D eigenvalue weighted by Gasteiger charge is 2.47. The fraction of sp³-hybridized carbons (Fsp3) is 0.0182. The Bertz CT molecular complexity index is 2960. The SMILES string of the molecule is c1ccc(N(c2ccccc2)c2ccc(-c3ccc(N4c5ccccc5C(c5ccccc5)(c5cccc6c5sc5ccccc56)c5ccccc54)cc3)cc2)cc1. The first-order valence-electron chi connectivity index (χ1n) is 19.9. The molecular formula is C55H38N2S. The molecule has 0 N–H and O–H groups in total. The summed E-state index contributed by atoms with van der Waals surface area (Å²) in [4.78, 5) is 4.76. The summed E-state index contributed by atoms with van der Waals surface area (Å²) >= 11 is 1.90. The number of nitrogens with zero attached hydrogens (tertiary/aromatic N) is 2. The third-order valence-corrected chi connectivity index (χ3v) is 12.9. The van der Waals surface area contributed by atoms with Crippen LogP contribution < -0.4 is 9.80 Å². The van der Waals surface area contributed by atoms with Crippen molar-refractivity contribution in [3.05, 3.63) is 253 Å². The molecular weight excluding hydrogens is 721 g/mol. The zero-order chi connectivity index (χ0) is 38.5. The lowest BCUT2D eigenvalue weighted by Gasteiger charge is -2.46. The smallest absolute Gasteiger partial charge is 0.0756 e. The molecule has 0 bridgehead atoms. The molecule has 1 aliphatic rings. The van der Waals surface area contributed by atoms with Gasteiger partial charge in [0.2, 0.25) is 0 Å². The summed E-state index contributed by atoms with van der Waals surface area (Å²) in [6.07, 6.45) is 0. The molecule has 1 aromatic heterocycles. The van der Waals surface area contributed by atoms with Crippen LogP contribution in [-0.2, 0) is 5.41 Å². The highest BCUT2D eigenvalue weighted by molar-refractivity contribution is 7.26. The summed E-state index contributed by atoms with van der Waals surface area (Å²) in [6.45, 7) is 0. The van der Waals surface area contributed by atoms with Crippen molar-refractivity contribution >= 4 is 65.6 Å². The minimum Gasteiger partial charge on any atom is -0.311 e. The first-order chi connectivity index (χ1) is 28.8. The van der Waals surface area contributed by atoms with Crippen LogP contribution in [0.1, 0.15) is 22.3 Å². The number of benzene rings is 9. The molecule has 2 heterocycles. The van der Waals surface area contributed by atoms with Crippen molar-refractivity contribution in [2.24, 2.45) is 0 Å². The van der Waals surface area contributed by atoms with Crippen LogP contribution in [0, 0.1) is 0 Å². The van der Waals surface area contributed by atoms with Crippen molar-refractivity contribution in [2.45, 2.75) is 5.41 Å². The summed E-state index contributed by atoms with van der Waals surface area (Å²) in [7, 11) is 0. The number of fused-ring (bicyclic) bond motifs is 5. The maximum atomic E-state index is 2.46. The molecule has 274 valence electrons. The van der Waals surface area contributed by atoms with E-state index >= 15 is 0 Å². The van der Waals surface area contributed by atoms with E-state index in [1.165, 1.54) is 64.9 Å². The second-order valence-corrected chi connectivity index (χ2v) is 15.9. The summed E-state index contributed by atoms with van der Waals surface area (Å²) in [5.41, 5.74) is 13.8. The van der Waals surface area contributed by atoms with Crippen LogP contribution in [0.4, 0.5) is 34.1 Å². The van der Waals surface area contributed by atoms with Gasteiger partial charge in [0.05, 0.1) is 16.8 Å². The molecule has 9 aromatic carbocycles. The summed E-state index contributed by atoms with van der Waals surface area (Å²) in [5.74, 6) is 0. The van der Waals surface area contributed by atoms with Crippen LogP contribution in [0.2, 0.25) is 0 Å². The van der Waals surface area contributed by atoms with Gasteiger partial charge in [-0.25, -0.2) is 0 Å². The van der Waals surface area contributed by atoms with Crippen molar-refractivity contribution < 1.29 is 0 Å². The van der Waals surface area contributed by atoms with Gasteiger partial charge in [0, 0.05) is 42.9 Å². The summed E-state index contributed by atoms with van der Waals surface area (Å²) in [6, 6.07) is 84.0. The van der Waals surface area contributed by atoms with Gasteiger partial charge in [0.1, 0.15) is 0 Å². The Morgan fingerprint density at radius 1 is 0.362 bits per heavy atom. The largest absolute Gasteiger partial charge is 0.311 e. The third kappa shape index (κ3) is 5.39. The lowest BCUT2D eigenvalue weighted by Crippen LogP contribution is -2.37. The topological polar surface area (TPSA) is 6.48 Å². The van der Waals surface area contributed by atoms with Gasteiger partial charge in [0.15, 0.2) is 0 Å². The highest BCUT2D eigenvalue weighted by Crippen LogP contribution is 2.59. The molecule has 0 spiro atoms. The van der Waals surface area contributed by atoms with E-state index in [1.54, 1.807) is 0 Å². The Hall–Kier alpha value is -7.20. The van der Waals surface area contributed by atoms with Crippen LogP contribution in [0.15, 0.2) is 231 Å². The molecule has 0 saturated carbocycles. The van der Waals surface area contributed by atoms with E-state index in [0.29, 0.717) is 0 Å². The van der Waals surface area contributed by atoms with Gasteiger partial charge < -0.3 is 9.80 Å². The van der Waals surface area contributed by atoms with Crippen LogP contribution in [-0.4, -0.2) is 0 Å². The van der Waals surface area contributed by atoms with Crippen molar-refractivity contribution in [1.29, 1.82) is 0 Å². The van der Waals surface area contributed by atoms with Gasteiger partial charge in [-0.05, 0) is 100 Å². The van der Waals surface area contributed by atoms with Crippen molar-refractivity contribution in [2.75, 3.05) is 9.80 Å². The highest BCUT2D eigenvalue weighted by atomic mass is 32.1. The quantitative estimate of drug-likeness (QED) is 0.160. The van der Waals surface area contributed by atoms with Crippen LogP contribution >= 0.6 is 11.3 Å². The predicted octanol–water partition coefficient (Wildman–Crippen LogP) is 15.4. The second kappa shape index (κ2) is 14.1. The molecule has 0 atom stereocenters. The molecule has 10 aromatic rings. The minimum absolute atomic E-state index is 0.555. The van der Waals surface area contributed by atoms with Gasteiger partial charge in [0.25, 0.3) is 0 Å². The van der Waals surface area contributed by atoms with Crippen molar-refractivity contribution in [1.82, 2.24) is 0 Å². The van der Waals surface area contributed by atoms with Crippen LogP contribution in [0.25, 0.3) is 31.3 Å². The number of rotatable bonds is 7. The molecule has 0 aliphatic carbocycles. The van der Waals surface area contributed by atoms with Crippen LogP contribution in [0.5, 0.6) is 0 Å². The number of thiophene rings is 1. The van der Waals surface area contributed by atoms with Crippen molar-refractivity contribution in [3.8, 4) is 11.1 Å². The monoisotopic (exact) mass is 758 g/mol. The first kappa shape index (κ1) is 34.1. The zero-order valence-electron chi connectivity index (χ0n) is 31.7. The Morgan fingerprint density at radius 2 is 0.828 bits per heavy atom. The molecule has 0 radical (unpaired) electrons. The Balaban J connectivity index is 1.03. The predicted molar refractivity (Wildman–Crippen MR) is 246 cm³/mol. The molecule has 0 unspecified atom stereocenters. The minimum atomic E-state index is -0.555. The Labute approximate surface area is 343 Å². The van der Waals surface area contributed by atoms with E-state index in [9.17, 15) is 0 Å². The number of anilines is 6. The maximum Gasteiger partial charge on any atom is 0.0756 e. The number of para-hydroxylation sites is 4. The average molecular weight is 759 g/mol. The van der Waals surface area contributed by atoms with Gasteiger partial charge >= 0.3 is 0 Å². The Kier molecular flexibility index (Phi) is 8.27. The van der Waals surface area contributed by atoms with E-state index in [4.69, 9.17) is 0 Å². The third-order valence-electron chi connectivity index (χ3n) is 11.7. The fourth-order valence-electron chi connectivity index (χ4n) is 9.22. The fourth-order valence-corrected chi connectivity index (χ4v) is 10.5. The second-order valence-electron chi connectivity index (χ2n) is 14.9. The molecule has 58 heavy (non-hydrogen) atoms. The average Bonchev–Trinajstić information content (AvgIpc) is 3.69. The van der Waals surface area contributed by atoms with Gasteiger partial charge in [-0.2, -0.15) is 0 Å². The molecule has 0 amide bonds. The molecule has 3 heteroatoms. The molecule has 11 rings (SSSR count). The number of hydrogen-bond donors (Lipinski definition) is 0.